The summed E-state index contributed by atoms with van der Waals surface area (Å²) >= 11 is 6.03. The van der Waals surface area contributed by atoms with Crippen molar-refractivity contribution in [1.29, 1.82) is 0 Å². The summed E-state index contributed by atoms with van der Waals surface area (Å²) in [5.41, 5.74) is 7.58. The van der Waals surface area contributed by atoms with Gasteiger partial charge in [0.2, 0.25) is 5.91 Å². The maximum absolute atomic E-state index is 12.0. The third-order valence-corrected chi connectivity index (χ3v) is 3.86. The second-order valence-corrected chi connectivity index (χ2v) is 5.51. The van der Waals surface area contributed by atoms with Crippen molar-refractivity contribution in [2.45, 2.75) is 25.8 Å². The van der Waals surface area contributed by atoms with Gasteiger partial charge < -0.3 is 11.1 Å². The predicted octanol–water partition coefficient (Wildman–Crippen LogP) is 2.43. The van der Waals surface area contributed by atoms with Crippen LogP contribution in [0.4, 0.5) is 5.69 Å². The number of nitrogens with zero attached hydrogens (tertiary/aromatic N) is 1. The summed E-state index contributed by atoms with van der Waals surface area (Å²) in [6, 6.07) is 5.70. The van der Waals surface area contributed by atoms with Crippen molar-refractivity contribution in [3.8, 4) is 0 Å². The summed E-state index contributed by atoms with van der Waals surface area (Å²) in [6.07, 6.45) is 2.11. The number of halogens is 2. The number of hydrogen-bond donors (Lipinski definition) is 2. The van der Waals surface area contributed by atoms with Crippen LogP contribution in [-0.2, 0) is 4.79 Å². The summed E-state index contributed by atoms with van der Waals surface area (Å²) in [4.78, 5) is 14.1. The van der Waals surface area contributed by atoms with Gasteiger partial charge in [0.15, 0.2) is 0 Å². The molecule has 1 atom stereocenters. The van der Waals surface area contributed by atoms with Crippen LogP contribution in [-0.4, -0.2) is 36.5 Å². The molecule has 1 aromatic carbocycles. The lowest BCUT2D eigenvalue weighted by Gasteiger charge is -2.30. The Kier molecular flexibility index (Phi) is 6.76. The van der Waals surface area contributed by atoms with Crippen LogP contribution in [0.15, 0.2) is 18.2 Å². The monoisotopic (exact) mass is 317 g/mol. The minimum absolute atomic E-state index is 0. The minimum Gasteiger partial charge on any atom is -0.327 e. The molecule has 1 heterocycles. The Bertz CT molecular complexity index is 468. The fraction of sp³-hybridized carbons (Fsp3) is 0.500. The lowest BCUT2D eigenvalue weighted by Crippen LogP contribution is -2.45. The standard InChI is InChI=1S/C14H20ClN3O.ClH/c1-10-12(15)5-2-6-13(10)17-14(19)9-18-7-3-4-11(16)8-18;/h2,5-6,11H,3-4,7-9,16H2,1H3,(H,17,19);1H/t11-;/m1./s1. The molecule has 1 fully saturated rings. The highest BCUT2D eigenvalue weighted by Crippen LogP contribution is 2.22. The van der Waals surface area contributed by atoms with Gasteiger partial charge in [0.25, 0.3) is 0 Å². The lowest BCUT2D eigenvalue weighted by atomic mass is 10.1. The van der Waals surface area contributed by atoms with Gasteiger partial charge in [0.05, 0.1) is 6.54 Å². The number of nitrogens with two attached hydrogens (primary N) is 1. The van der Waals surface area contributed by atoms with Gasteiger partial charge >= 0.3 is 0 Å². The normalized spacial score (nSPS) is 19.2. The first-order valence-corrected chi connectivity index (χ1v) is 6.97. The zero-order valence-electron chi connectivity index (χ0n) is 11.6. The molecular weight excluding hydrogens is 297 g/mol. The van der Waals surface area contributed by atoms with Gasteiger partial charge in [0.1, 0.15) is 0 Å². The number of carbonyl (C=O) groups excluding carboxylic acids is 1. The first-order valence-electron chi connectivity index (χ1n) is 6.59. The molecule has 0 saturated carbocycles. The van der Waals surface area contributed by atoms with E-state index in [4.69, 9.17) is 17.3 Å². The van der Waals surface area contributed by atoms with Crippen molar-refractivity contribution in [3.05, 3.63) is 28.8 Å². The van der Waals surface area contributed by atoms with Crippen LogP contribution in [0, 0.1) is 6.92 Å². The number of benzene rings is 1. The Morgan fingerprint density at radius 2 is 2.30 bits per heavy atom. The molecule has 2 rings (SSSR count). The fourth-order valence-corrected chi connectivity index (χ4v) is 2.55. The minimum atomic E-state index is -0.0144. The maximum Gasteiger partial charge on any atom is 0.238 e. The molecule has 1 saturated heterocycles. The van der Waals surface area contributed by atoms with Crippen LogP contribution < -0.4 is 11.1 Å². The molecule has 0 aromatic heterocycles. The van der Waals surface area contributed by atoms with Crippen LogP contribution in [0.3, 0.4) is 0 Å². The van der Waals surface area contributed by atoms with Gasteiger partial charge in [0, 0.05) is 23.3 Å². The quantitative estimate of drug-likeness (QED) is 0.900. The predicted molar refractivity (Wildman–Crippen MR) is 85.7 cm³/mol. The van der Waals surface area contributed by atoms with Gasteiger partial charge in [-0.05, 0) is 44.0 Å². The smallest absolute Gasteiger partial charge is 0.238 e. The van der Waals surface area contributed by atoms with Gasteiger partial charge in [-0.1, -0.05) is 17.7 Å². The van der Waals surface area contributed by atoms with Crippen molar-refractivity contribution >= 4 is 35.6 Å². The van der Waals surface area contributed by atoms with Crippen molar-refractivity contribution in [1.82, 2.24) is 4.90 Å². The molecule has 6 heteroatoms. The summed E-state index contributed by atoms with van der Waals surface area (Å²) in [7, 11) is 0. The fourth-order valence-electron chi connectivity index (χ4n) is 2.37. The van der Waals surface area contributed by atoms with Gasteiger partial charge in [-0.15, -0.1) is 12.4 Å². The molecule has 1 aromatic rings. The molecule has 3 N–H and O–H groups in total. The van der Waals surface area contributed by atoms with E-state index in [1.807, 2.05) is 25.1 Å². The van der Waals surface area contributed by atoms with Crippen LogP contribution >= 0.6 is 24.0 Å². The Labute approximate surface area is 131 Å². The number of amides is 1. The van der Waals surface area contributed by atoms with Crippen LogP contribution in [0.2, 0.25) is 5.02 Å². The van der Waals surface area contributed by atoms with Crippen LogP contribution in [0.1, 0.15) is 18.4 Å². The van der Waals surface area contributed by atoms with E-state index in [-0.39, 0.29) is 24.4 Å². The molecule has 4 nitrogen and oxygen atoms in total. The second-order valence-electron chi connectivity index (χ2n) is 5.10. The molecule has 0 bridgehead atoms. The molecule has 0 unspecified atom stereocenters. The lowest BCUT2D eigenvalue weighted by molar-refractivity contribution is -0.117. The van der Waals surface area contributed by atoms with E-state index in [9.17, 15) is 4.79 Å². The number of piperidine rings is 1. The first kappa shape index (κ1) is 17.2. The Morgan fingerprint density at radius 3 is 3.00 bits per heavy atom. The molecule has 20 heavy (non-hydrogen) atoms. The van der Waals surface area contributed by atoms with E-state index in [1.54, 1.807) is 0 Å². The first-order chi connectivity index (χ1) is 9.06. The van der Waals surface area contributed by atoms with Gasteiger partial charge in [-0.25, -0.2) is 0 Å². The number of nitrogens with one attached hydrogen (secondary N) is 1. The Hall–Kier alpha value is -0.810. The number of anilines is 1. The van der Waals surface area contributed by atoms with E-state index in [0.717, 1.165) is 37.2 Å². The zero-order valence-corrected chi connectivity index (χ0v) is 13.1. The molecule has 1 aliphatic heterocycles. The maximum atomic E-state index is 12.0. The molecular formula is C14H21Cl2N3O. The summed E-state index contributed by atoms with van der Waals surface area (Å²) < 4.78 is 0. The van der Waals surface area contributed by atoms with Crippen molar-refractivity contribution in [2.75, 3.05) is 25.0 Å². The number of hydrogen-bond acceptors (Lipinski definition) is 3. The van der Waals surface area contributed by atoms with Gasteiger partial charge in [-0.2, -0.15) is 0 Å². The average Bonchev–Trinajstić information content (AvgIpc) is 2.35. The molecule has 112 valence electrons. The highest BCUT2D eigenvalue weighted by molar-refractivity contribution is 6.31. The summed E-state index contributed by atoms with van der Waals surface area (Å²) in [5.74, 6) is -0.0144. The van der Waals surface area contributed by atoms with E-state index >= 15 is 0 Å². The second kappa shape index (κ2) is 7.84. The van der Waals surface area contributed by atoms with E-state index < -0.39 is 0 Å². The topological polar surface area (TPSA) is 58.4 Å². The van der Waals surface area contributed by atoms with Crippen LogP contribution in [0.25, 0.3) is 0 Å². The van der Waals surface area contributed by atoms with E-state index in [0.29, 0.717) is 11.6 Å². The largest absolute Gasteiger partial charge is 0.327 e. The number of likely N-dealkylation sites (tertiary alicyclic amines) is 1. The van der Waals surface area contributed by atoms with Crippen molar-refractivity contribution < 1.29 is 4.79 Å². The highest BCUT2D eigenvalue weighted by atomic mass is 35.5. The number of carbonyl (C=O) groups is 1. The Morgan fingerprint density at radius 1 is 1.55 bits per heavy atom. The van der Waals surface area contributed by atoms with Crippen molar-refractivity contribution in [3.63, 3.8) is 0 Å². The highest BCUT2D eigenvalue weighted by Gasteiger charge is 2.19. The molecule has 0 spiro atoms. The molecule has 0 aliphatic carbocycles. The average molecular weight is 318 g/mol. The molecule has 1 aliphatic rings. The third-order valence-electron chi connectivity index (χ3n) is 3.45. The summed E-state index contributed by atoms with van der Waals surface area (Å²) in [6.45, 7) is 4.02. The summed E-state index contributed by atoms with van der Waals surface area (Å²) in [5, 5.41) is 3.57. The van der Waals surface area contributed by atoms with Crippen molar-refractivity contribution in [2.24, 2.45) is 5.73 Å². The molecule has 0 radical (unpaired) electrons. The van der Waals surface area contributed by atoms with Gasteiger partial charge in [-0.3, -0.25) is 9.69 Å². The van der Waals surface area contributed by atoms with Crippen LogP contribution in [0.5, 0.6) is 0 Å². The Balaban J connectivity index is 0.00000200. The zero-order chi connectivity index (χ0) is 13.8. The number of rotatable bonds is 3. The van der Waals surface area contributed by atoms with E-state index in [2.05, 4.69) is 10.2 Å². The molecule has 1 amide bonds. The SMILES string of the molecule is Cc1c(Cl)cccc1NC(=O)CN1CCC[C@@H](N)C1.Cl. The van der Waals surface area contributed by atoms with E-state index in [1.165, 1.54) is 0 Å². The third kappa shape index (κ3) is 4.63.